The van der Waals surface area contributed by atoms with Crippen LogP contribution in [0, 0.1) is 0 Å². The van der Waals surface area contributed by atoms with Crippen LogP contribution in [0.2, 0.25) is 10.0 Å². The van der Waals surface area contributed by atoms with Crippen molar-refractivity contribution in [3.63, 3.8) is 0 Å². The second-order valence-corrected chi connectivity index (χ2v) is 4.13. The number of carbonyl (C=O) groups is 1. The van der Waals surface area contributed by atoms with Crippen LogP contribution in [-0.4, -0.2) is 22.9 Å². The van der Waals surface area contributed by atoms with Crippen LogP contribution in [0.4, 0.5) is 0 Å². The molecule has 0 radical (unpaired) electrons. The first kappa shape index (κ1) is 12.8. The van der Waals surface area contributed by atoms with Crippen LogP contribution < -0.4 is 4.74 Å². The van der Waals surface area contributed by atoms with Crippen molar-refractivity contribution in [2.24, 2.45) is 0 Å². The predicted octanol–water partition coefficient (Wildman–Crippen LogP) is 3.02. The third-order valence-electron chi connectivity index (χ3n) is 2.27. The molecule has 6 heteroatoms. The smallest absolute Gasteiger partial charge is 0.243 e. The van der Waals surface area contributed by atoms with Gasteiger partial charge in [0.05, 0.1) is 17.2 Å². The maximum atomic E-state index is 12.3. The number of methoxy groups -OCH3 is 1. The number of ether oxygens (including phenoxy) is 1. The number of nitrogens with zero attached hydrogens (tertiary/aromatic N) is 2. The summed E-state index contributed by atoms with van der Waals surface area (Å²) >= 11 is 11.9. The average molecular weight is 283 g/mol. The molecule has 0 aliphatic heterocycles. The van der Waals surface area contributed by atoms with Gasteiger partial charge in [-0.15, -0.1) is 0 Å². The average Bonchev–Trinajstić information content (AvgIpc) is 2.41. The minimum atomic E-state index is -0.382. The number of benzene rings is 1. The molecule has 0 spiro atoms. The van der Waals surface area contributed by atoms with Gasteiger partial charge in [0.25, 0.3) is 0 Å². The summed E-state index contributed by atoms with van der Waals surface area (Å²) in [7, 11) is 1.42. The molecule has 1 heterocycles. The Hall–Kier alpha value is -1.65. The molecule has 0 saturated carbocycles. The fourth-order valence-electron chi connectivity index (χ4n) is 1.44. The Balaban J connectivity index is 2.52. The van der Waals surface area contributed by atoms with Gasteiger partial charge >= 0.3 is 0 Å². The molecule has 2 aromatic rings. The fraction of sp³-hybridized carbons (Fsp3) is 0.0833. The zero-order valence-electron chi connectivity index (χ0n) is 9.35. The van der Waals surface area contributed by atoms with E-state index in [0.29, 0.717) is 5.02 Å². The maximum Gasteiger partial charge on any atom is 0.243 e. The lowest BCUT2D eigenvalue weighted by Crippen LogP contribution is -2.08. The van der Waals surface area contributed by atoms with Crippen molar-refractivity contribution < 1.29 is 9.53 Å². The highest BCUT2D eigenvalue weighted by atomic mass is 35.5. The molecular formula is C12H8Cl2N2O2. The van der Waals surface area contributed by atoms with E-state index in [9.17, 15) is 4.79 Å². The molecule has 0 amide bonds. The van der Waals surface area contributed by atoms with E-state index in [2.05, 4.69) is 9.97 Å². The molecule has 0 unspecified atom stereocenters. The van der Waals surface area contributed by atoms with Gasteiger partial charge in [0.15, 0.2) is 5.69 Å². The van der Waals surface area contributed by atoms with E-state index in [1.54, 1.807) is 18.2 Å². The molecular weight excluding hydrogens is 275 g/mol. The number of ketones is 1. The molecule has 0 bridgehead atoms. The normalized spacial score (nSPS) is 10.2. The van der Waals surface area contributed by atoms with Crippen LogP contribution in [0.25, 0.3) is 0 Å². The highest BCUT2D eigenvalue weighted by Gasteiger charge is 2.20. The van der Waals surface area contributed by atoms with Crippen molar-refractivity contribution in [1.82, 2.24) is 9.97 Å². The first-order valence-electron chi connectivity index (χ1n) is 4.99. The van der Waals surface area contributed by atoms with Crippen LogP contribution in [0.3, 0.4) is 0 Å². The Morgan fingerprint density at radius 2 is 1.94 bits per heavy atom. The summed E-state index contributed by atoms with van der Waals surface area (Å²) < 4.78 is 4.99. The molecule has 0 aliphatic rings. The summed E-state index contributed by atoms with van der Waals surface area (Å²) in [6.45, 7) is 0. The van der Waals surface area contributed by atoms with Crippen molar-refractivity contribution >= 4 is 29.0 Å². The maximum absolute atomic E-state index is 12.3. The van der Waals surface area contributed by atoms with E-state index in [1.807, 2.05) is 0 Å². The first-order valence-corrected chi connectivity index (χ1v) is 5.74. The van der Waals surface area contributed by atoms with Gasteiger partial charge in [-0.05, 0) is 12.1 Å². The lowest BCUT2D eigenvalue weighted by atomic mass is 10.1. The number of rotatable bonds is 3. The Morgan fingerprint density at radius 1 is 1.22 bits per heavy atom. The molecule has 0 atom stereocenters. The number of hydrogen-bond donors (Lipinski definition) is 0. The minimum absolute atomic E-state index is 0.101. The molecule has 0 fully saturated rings. The monoisotopic (exact) mass is 282 g/mol. The first-order chi connectivity index (χ1) is 8.65. The third kappa shape index (κ3) is 2.30. The van der Waals surface area contributed by atoms with Gasteiger partial charge in [-0.25, -0.2) is 9.97 Å². The minimum Gasteiger partial charge on any atom is -0.479 e. The van der Waals surface area contributed by atoms with Gasteiger partial charge in [-0.1, -0.05) is 29.3 Å². The van der Waals surface area contributed by atoms with Crippen LogP contribution >= 0.6 is 23.2 Å². The summed E-state index contributed by atoms with van der Waals surface area (Å²) in [6.07, 6.45) is 2.85. The molecule has 2 rings (SSSR count). The quantitative estimate of drug-likeness (QED) is 0.812. The Morgan fingerprint density at radius 3 is 2.67 bits per heavy atom. The van der Waals surface area contributed by atoms with Crippen molar-refractivity contribution in [1.29, 1.82) is 0 Å². The van der Waals surface area contributed by atoms with Gasteiger partial charge in [0.2, 0.25) is 11.7 Å². The van der Waals surface area contributed by atoms with Gasteiger partial charge in [0.1, 0.15) is 0 Å². The van der Waals surface area contributed by atoms with Gasteiger partial charge in [0, 0.05) is 18.0 Å². The lowest BCUT2D eigenvalue weighted by molar-refractivity contribution is 0.103. The van der Waals surface area contributed by atoms with Crippen LogP contribution in [0.5, 0.6) is 5.88 Å². The summed E-state index contributed by atoms with van der Waals surface area (Å²) in [5.74, 6) is -0.231. The van der Waals surface area contributed by atoms with E-state index in [-0.39, 0.29) is 27.9 Å². The van der Waals surface area contributed by atoms with Crippen LogP contribution in [0.15, 0.2) is 30.6 Å². The standard InChI is InChI=1S/C12H8Cl2N2O2/c1-18-12-10(15-5-6-16-12)11(17)7-3-2-4-8(13)9(7)14/h2-6H,1H3. The highest BCUT2D eigenvalue weighted by molar-refractivity contribution is 6.44. The fourth-order valence-corrected chi connectivity index (χ4v) is 1.82. The Labute approximate surface area is 114 Å². The molecule has 1 aromatic carbocycles. The Kier molecular flexibility index (Phi) is 3.79. The summed E-state index contributed by atoms with van der Waals surface area (Å²) in [5, 5.41) is 0.502. The van der Waals surface area contributed by atoms with Crippen molar-refractivity contribution in [3.05, 3.63) is 51.9 Å². The third-order valence-corrected chi connectivity index (χ3v) is 3.09. The zero-order valence-corrected chi connectivity index (χ0v) is 10.9. The second kappa shape index (κ2) is 5.33. The van der Waals surface area contributed by atoms with E-state index >= 15 is 0 Å². The molecule has 0 saturated heterocycles. The number of halogens is 2. The van der Waals surface area contributed by atoms with E-state index < -0.39 is 0 Å². The summed E-state index contributed by atoms with van der Waals surface area (Å²) in [4.78, 5) is 20.1. The molecule has 4 nitrogen and oxygen atoms in total. The zero-order chi connectivity index (χ0) is 13.1. The van der Waals surface area contributed by atoms with Gasteiger partial charge < -0.3 is 4.74 Å². The summed E-state index contributed by atoms with van der Waals surface area (Å²) in [6, 6.07) is 4.82. The number of aromatic nitrogens is 2. The molecule has 18 heavy (non-hydrogen) atoms. The van der Waals surface area contributed by atoms with Crippen molar-refractivity contribution in [2.75, 3.05) is 7.11 Å². The Bertz CT molecular complexity index is 602. The van der Waals surface area contributed by atoms with Gasteiger partial charge in [-0.2, -0.15) is 0 Å². The van der Waals surface area contributed by atoms with Crippen LogP contribution in [-0.2, 0) is 0 Å². The highest BCUT2D eigenvalue weighted by Crippen LogP contribution is 2.28. The largest absolute Gasteiger partial charge is 0.479 e. The second-order valence-electron chi connectivity index (χ2n) is 3.34. The van der Waals surface area contributed by atoms with Crippen LogP contribution in [0.1, 0.15) is 16.1 Å². The number of hydrogen-bond acceptors (Lipinski definition) is 4. The van der Waals surface area contributed by atoms with Crippen molar-refractivity contribution in [3.8, 4) is 5.88 Å². The van der Waals surface area contributed by atoms with Crippen molar-refractivity contribution in [2.45, 2.75) is 0 Å². The predicted molar refractivity (Wildman–Crippen MR) is 68.5 cm³/mol. The molecule has 0 aliphatic carbocycles. The van der Waals surface area contributed by atoms with E-state index in [1.165, 1.54) is 19.5 Å². The summed E-state index contributed by atoms with van der Waals surface area (Å²) in [5.41, 5.74) is 0.368. The topological polar surface area (TPSA) is 52.1 Å². The SMILES string of the molecule is COc1nccnc1C(=O)c1cccc(Cl)c1Cl. The molecule has 0 N–H and O–H groups in total. The molecule has 1 aromatic heterocycles. The van der Waals surface area contributed by atoms with E-state index in [4.69, 9.17) is 27.9 Å². The molecule has 92 valence electrons. The number of carbonyl (C=O) groups excluding carboxylic acids is 1. The van der Waals surface area contributed by atoms with Gasteiger partial charge in [-0.3, -0.25) is 4.79 Å². The van der Waals surface area contributed by atoms with E-state index in [0.717, 1.165) is 0 Å². The lowest BCUT2D eigenvalue weighted by Gasteiger charge is -2.06.